The number of morpholine rings is 1. The smallest absolute Gasteiger partial charge is 0.125 e. The van der Waals surface area contributed by atoms with Gasteiger partial charge in [0.1, 0.15) is 5.82 Å². The second-order valence-corrected chi connectivity index (χ2v) is 3.91. The monoisotopic (exact) mass is 225 g/mol. The number of anilines is 1. The summed E-state index contributed by atoms with van der Waals surface area (Å²) in [6, 6.07) is 6.69. The summed E-state index contributed by atoms with van der Waals surface area (Å²) in [6.45, 7) is 2.11. The molecule has 1 N–H and O–H groups in total. The second-order valence-electron chi connectivity index (χ2n) is 3.91. The lowest BCUT2D eigenvalue weighted by Gasteiger charge is -2.37. The molecule has 0 spiro atoms. The molecule has 0 amide bonds. The molecule has 4 heteroatoms. The fourth-order valence-electron chi connectivity index (χ4n) is 2.04. The van der Waals surface area contributed by atoms with Gasteiger partial charge in [0.05, 0.1) is 19.3 Å². The van der Waals surface area contributed by atoms with Gasteiger partial charge in [0.15, 0.2) is 0 Å². The molecule has 1 fully saturated rings. The molecule has 1 aromatic rings. The van der Waals surface area contributed by atoms with Crippen LogP contribution >= 0.6 is 0 Å². The van der Waals surface area contributed by atoms with Gasteiger partial charge in [-0.25, -0.2) is 4.39 Å². The molecule has 0 saturated carbocycles. The lowest BCUT2D eigenvalue weighted by Crippen LogP contribution is -2.46. The van der Waals surface area contributed by atoms with E-state index in [0.717, 1.165) is 12.2 Å². The molecule has 88 valence electrons. The predicted octanol–water partition coefficient (Wildman–Crippen LogP) is 1.41. The van der Waals surface area contributed by atoms with E-state index >= 15 is 0 Å². The molecule has 1 saturated heterocycles. The Morgan fingerprint density at radius 3 is 3.12 bits per heavy atom. The van der Waals surface area contributed by atoms with Crippen LogP contribution in [0.2, 0.25) is 0 Å². The van der Waals surface area contributed by atoms with E-state index in [0.29, 0.717) is 19.6 Å². The van der Waals surface area contributed by atoms with Crippen LogP contribution in [0.25, 0.3) is 0 Å². The zero-order chi connectivity index (χ0) is 11.4. The molecule has 1 aromatic carbocycles. The first-order chi connectivity index (χ1) is 7.81. The van der Waals surface area contributed by atoms with E-state index in [-0.39, 0.29) is 18.5 Å². The van der Waals surface area contributed by atoms with Gasteiger partial charge < -0.3 is 14.7 Å². The zero-order valence-corrected chi connectivity index (χ0v) is 9.10. The maximum Gasteiger partial charge on any atom is 0.125 e. The van der Waals surface area contributed by atoms with Crippen molar-refractivity contribution in [3.63, 3.8) is 0 Å². The van der Waals surface area contributed by atoms with Gasteiger partial charge in [0, 0.05) is 18.8 Å². The van der Waals surface area contributed by atoms with E-state index in [1.165, 1.54) is 12.1 Å². The molecule has 1 aliphatic rings. The Bertz CT molecular complexity index is 344. The standard InChI is InChI=1S/C12H16FNO2/c13-10-2-1-3-11(8-10)14-5-7-16-9-12(14)4-6-15/h1-3,8,12,15H,4-7,9H2. The Kier molecular flexibility index (Phi) is 3.74. The average Bonchev–Trinajstić information content (AvgIpc) is 2.30. The summed E-state index contributed by atoms with van der Waals surface area (Å²) in [5, 5.41) is 8.98. The van der Waals surface area contributed by atoms with Crippen LogP contribution in [0.4, 0.5) is 10.1 Å². The van der Waals surface area contributed by atoms with Gasteiger partial charge in [0.25, 0.3) is 0 Å². The van der Waals surface area contributed by atoms with Crippen molar-refractivity contribution in [2.24, 2.45) is 0 Å². The molecule has 3 nitrogen and oxygen atoms in total. The van der Waals surface area contributed by atoms with Crippen LogP contribution in [-0.2, 0) is 4.74 Å². The van der Waals surface area contributed by atoms with Crippen molar-refractivity contribution in [2.45, 2.75) is 12.5 Å². The minimum absolute atomic E-state index is 0.125. The number of halogens is 1. The van der Waals surface area contributed by atoms with Crippen molar-refractivity contribution >= 4 is 5.69 Å². The van der Waals surface area contributed by atoms with Crippen molar-refractivity contribution in [2.75, 3.05) is 31.3 Å². The van der Waals surface area contributed by atoms with E-state index in [1.807, 2.05) is 6.07 Å². The molecule has 0 aliphatic carbocycles. The average molecular weight is 225 g/mol. The van der Waals surface area contributed by atoms with E-state index in [4.69, 9.17) is 9.84 Å². The van der Waals surface area contributed by atoms with Gasteiger partial charge in [-0.05, 0) is 24.6 Å². The van der Waals surface area contributed by atoms with Crippen LogP contribution in [0, 0.1) is 5.82 Å². The third-order valence-electron chi connectivity index (χ3n) is 2.83. The Morgan fingerprint density at radius 1 is 1.50 bits per heavy atom. The Labute approximate surface area is 94.4 Å². The van der Waals surface area contributed by atoms with Gasteiger partial charge in [-0.1, -0.05) is 6.07 Å². The zero-order valence-electron chi connectivity index (χ0n) is 9.10. The summed E-state index contributed by atoms with van der Waals surface area (Å²) in [4.78, 5) is 2.10. The molecule has 0 radical (unpaired) electrons. The highest BCUT2D eigenvalue weighted by Gasteiger charge is 2.22. The molecule has 1 aliphatic heterocycles. The number of ether oxygens (including phenoxy) is 1. The summed E-state index contributed by atoms with van der Waals surface area (Å²) in [6.07, 6.45) is 0.649. The summed E-state index contributed by atoms with van der Waals surface area (Å²) in [5.41, 5.74) is 0.863. The maximum absolute atomic E-state index is 13.1. The minimum Gasteiger partial charge on any atom is -0.396 e. The van der Waals surface area contributed by atoms with Crippen molar-refractivity contribution < 1.29 is 14.2 Å². The van der Waals surface area contributed by atoms with E-state index < -0.39 is 0 Å². The van der Waals surface area contributed by atoms with Crippen LogP contribution < -0.4 is 4.90 Å². The highest BCUT2D eigenvalue weighted by Crippen LogP contribution is 2.21. The molecule has 1 unspecified atom stereocenters. The third kappa shape index (κ3) is 2.51. The lowest BCUT2D eigenvalue weighted by molar-refractivity contribution is 0.0850. The summed E-state index contributed by atoms with van der Waals surface area (Å²) >= 11 is 0. The van der Waals surface area contributed by atoms with Gasteiger partial charge in [-0.3, -0.25) is 0 Å². The predicted molar refractivity (Wildman–Crippen MR) is 60.1 cm³/mol. The molecule has 2 rings (SSSR count). The summed E-state index contributed by atoms with van der Waals surface area (Å²) in [7, 11) is 0. The van der Waals surface area contributed by atoms with Gasteiger partial charge in [-0.15, -0.1) is 0 Å². The summed E-state index contributed by atoms with van der Waals surface area (Å²) < 4.78 is 18.5. The van der Waals surface area contributed by atoms with Gasteiger partial charge in [-0.2, -0.15) is 0 Å². The fraction of sp³-hybridized carbons (Fsp3) is 0.500. The number of nitrogens with zero attached hydrogens (tertiary/aromatic N) is 1. The largest absolute Gasteiger partial charge is 0.396 e. The van der Waals surface area contributed by atoms with Crippen LogP contribution in [0.5, 0.6) is 0 Å². The van der Waals surface area contributed by atoms with E-state index in [9.17, 15) is 4.39 Å². The molecule has 0 bridgehead atoms. The molecular formula is C12H16FNO2. The topological polar surface area (TPSA) is 32.7 Å². The molecule has 1 heterocycles. The second kappa shape index (κ2) is 5.27. The number of aliphatic hydroxyl groups is 1. The first kappa shape index (κ1) is 11.4. The normalized spacial score (nSPS) is 21.1. The number of rotatable bonds is 3. The van der Waals surface area contributed by atoms with Crippen LogP contribution in [0.15, 0.2) is 24.3 Å². The summed E-state index contributed by atoms with van der Waals surface area (Å²) in [5.74, 6) is -0.230. The Balaban J connectivity index is 2.16. The molecule has 0 aromatic heterocycles. The van der Waals surface area contributed by atoms with Gasteiger partial charge in [0.2, 0.25) is 0 Å². The molecule has 1 atom stereocenters. The molecule has 16 heavy (non-hydrogen) atoms. The first-order valence-corrected chi connectivity index (χ1v) is 5.52. The Morgan fingerprint density at radius 2 is 2.38 bits per heavy atom. The first-order valence-electron chi connectivity index (χ1n) is 5.52. The maximum atomic E-state index is 13.1. The van der Waals surface area contributed by atoms with E-state index in [1.54, 1.807) is 6.07 Å². The minimum atomic E-state index is -0.230. The SMILES string of the molecule is OCCC1COCCN1c1cccc(F)c1. The highest BCUT2D eigenvalue weighted by molar-refractivity contribution is 5.47. The van der Waals surface area contributed by atoms with Gasteiger partial charge >= 0.3 is 0 Å². The van der Waals surface area contributed by atoms with Crippen molar-refractivity contribution in [1.82, 2.24) is 0 Å². The van der Waals surface area contributed by atoms with E-state index in [2.05, 4.69) is 4.90 Å². The Hall–Kier alpha value is -1.13. The van der Waals surface area contributed by atoms with Crippen molar-refractivity contribution in [3.05, 3.63) is 30.1 Å². The third-order valence-corrected chi connectivity index (χ3v) is 2.83. The van der Waals surface area contributed by atoms with Crippen LogP contribution in [-0.4, -0.2) is 37.5 Å². The highest BCUT2D eigenvalue weighted by atomic mass is 19.1. The quantitative estimate of drug-likeness (QED) is 0.844. The number of hydrogen-bond acceptors (Lipinski definition) is 3. The van der Waals surface area contributed by atoms with Crippen molar-refractivity contribution in [1.29, 1.82) is 0 Å². The molecular weight excluding hydrogens is 209 g/mol. The fourth-order valence-corrected chi connectivity index (χ4v) is 2.04. The lowest BCUT2D eigenvalue weighted by atomic mass is 10.1. The number of benzene rings is 1. The number of hydrogen-bond donors (Lipinski definition) is 1. The van der Waals surface area contributed by atoms with Crippen molar-refractivity contribution in [3.8, 4) is 0 Å². The van der Waals surface area contributed by atoms with Crippen LogP contribution in [0.3, 0.4) is 0 Å². The van der Waals surface area contributed by atoms with Crippen LogP contribution in [0.1, 0.15) is 6.42 Å². The number of aliphatic hydroxyl groups excluding tert-OH is 1.